The molecular weight excluding hydrogens is 244 g/mol. The molecule has 2 atom stereocenters. The van der Waals surface area contributed by atoms with Crippen molar-refractivity contribution in [2.45, 2.75) is 38.2 Å². The zero-order valence-electron chi connectivity index (χ0n) is 11.3. The third-order valence-corrected chi connectivity index (χ3v) is 4.07. The van der Waals surface area contributed by atoms with Gasteiger partial charge < -0.3 is 14.9 Å². The quantitative estimate of drug-likeness (QED) is 0.876. The van der Waals surface area contributed by atoms with Gasteiger partial charge in [-0.2, -0.15) is 0 Å². The largest absolute Gasteiger partial charge is 0.497 e. The van der Waals surface area contributed by atoms with Crippen molar-refractivity contribution in [2.75, 3.05) is 7.11 Å². The van der Waals surface area contributed by atoms with E-state index in [1.807, 2.05) is 6.07 Å². The summed E-state index contributed by atoms with van der Waals surface area (Å²) in [6, 6.07) is 5.48. The van der Waals surface area contributed by atoms with Gasteiger partial charge in [-0.3, -0.25) is 4.79 Å². The predicted molar refractivity (Wildman–Crippen MR) is 71.2 cm³/mol. The highest BCUT2D eigenvalue weighted by molar-refractivity contribution is 5.72. The van der Waals surface area contributed by atoms with Crippen molar-refractivity contribution in [3.63, 3.8) is 0 Å². The molecule has 104 valence electrons. The number of aryl methyl sites for hydroxylation is 1. The molecule has 0 aromatic heterocycles. The van der Waals surface area contributed by atoms with Gasteiger partial charge in [0, 0.05) is 0 Å². The van der Waals surface area contributed by atoms with E-state index in [1.54, 1.807) is 26.2 Å². The Labute approximate surface area is 113 Å². The van der Waals surface area contributed by atoms with Gasteiger partial charge >= 0.3 is 5.97 Å². The molecule has 0 aliphatic heterocycles. The zero-order valence-corrected chi connectivity index (χ0v) is 11.3. The van der Waals surface area contributed by atoms with Gasteiger partial charge in [-0.15, -0.1) is 0 Å². The second kappa shape index (κ2) is 5.21. The highest BCUT2D eigenvalue weighted by Crippen LogP contribution is 2.43. The van der Waals surface area contributed by atoms with E-state index in [1.165, 1.54) is 0 Å². The third-order valence-electron chi connectivity index (χ3n) is 4.07. The molecule has 0 spiro atoms. The molecule has 2 rings (SSSR count). The predicted octanol–water partition coefficient (Wildman–Crippen LogP) is 2.33. The van der Waals surface area contributed by atoms with Crippen molar-refractivity contribution in [1.82, 2.24) is 0 Å². The maximum absolute atomic E-state index is 11.4. The fraction of sp³-hybridized carbons (Fsp3) is 0.533. The molecule has 1 aliphatic carbocycles. The van der Waals surface area contributed by atoms with Gasteiger partial charge in [0.2, 0.25) is 0 Å². The first-order valence-corrected chi connectivity index (χ1v) is 6.65. The molecule has 0 bridgehead atoms. The second-order valence-electron chi connectivity index (χ2n) is 5.10. The number of rotatable bonds is 4. The highest BCUT2D eigenvalue weighted by atomic mass is 16.5. The molecular formula is C15H20O4. The lowest BCUT2D eigenvalue weighted by Gasteiger charge is -2.38. The van der Waals surface area contributed by atoms with Gasteiger partial charge in [0.15, 0.2) is 0 Å². The molecule has 4 nitrogen and oxygen atoms in total. The van der Waals surface area contributed by atoms with Crippen LogP contribution in [-0.2, 0) is 16.8 Å². The molecule has 0 saturated heterocycles. The van der Waals surface area contributed by atoms with Gasteiger partial charge in [-0.05, 0) is 48.9 Å². The van der Waals surface area contributed by atoms with Crippen LogP contribution in [0.5, 0.6) is 5.75 Å². The third kappa shape index (κ3) is 2.32. The molecule has 0 amide bonds. The van der Waals surface area contributed by atoms with E-state index >= 15 is 0 Å². The van der Waals surface area contributed by atoms with Crippen molar-refractivity contribution < 1.29 is 19.7 Å². The molecule has 19 heavy (non-hydrogen) atoms. The maximum Gasteiger partial charge on any atom is 0.309 e. The summed E-state index contributed by atoms with van der Waals surface area (Å²) in [5.74, 6) is -0.958. The fourth-order valence-corrected chi connectivity index (χ4v) is 3.09. The van der Waals surface area contributed by atoms with E-state index in [0.717, 1.165) is 29.7 Å². The number of methoxy groups -OCH3 is 1. The first-order chi connectivity index (χ1) is 9.02. The molecule has 4 heteroatoms. The van der Waals surface area contributed by atoms with Crippen LogP contribution in [0.15, 0.2) is 18.2 Å². The molecule has 0 radical (unpaired) electrons. The Balaban J connectivity index is 2.48. The molecule has 2 N–H and O–H groups in total. The van der Waals surface area contributed by atoms with E-state index < -0.39 is 17.5 Å². The van der Waals surface area contributed by atoms with Crippen molar-refractivity contribution in [1.29, 1.82) is 0 Å². The monoisotopic (exact) mass is 264 g/mol. The molecule has 1 aromatic rings. The van der Waals surface area contributed by atoms with Crippen LogP contribution in [0.3, 0.4) is 0 Å². The maximum atomic E-state index is 11.4. The number of hydrogen-bond donors (Lipinski definition) is 2. The van der Waals surface area contributed by atoms with Gasteiger partial charge in [-0.1, -0.05) is 13.0 Å². The summed E-state index contributed by atoms with van der Waals surface area (Å²) in [5.41, 5.74) is 0.474. The van der Waals surface area contributed by atoms with Gasteiger partial charge in [0.25, 0.3) is 0 Å². The number of benzene rings is 1. The Kier molecular flexibility index (Phi) is 3.80. The van der Waals surface area contributed by atoms with Crippen LogP contribution in [0.25, 0.3) is 0 Å². The van der Waals surface area contributed by atoms with Crippen molar-refractivity contribution in [3.05, 3.63) is 29.3 Å². The minimum Gasteiger partial charge on any atom is -0.497 e. The normalized spacial score (nSPS) is 23.5. The highest BCUT2D eigenvalue weighted by Gasteiger charge is 2.44. The minimum atomic E-state index is -1.26. The topological polar surface area (TPSA) is 66.8 Å². The lowest BCUT2D eigenvalue weighted by Crippen LogP contribution is -2.42. The summed E-state index contributed by atoms with van der Waals surface area (Å²) in [6.07, 6.45) is 2.56. The molecule has 0 heterocycles. The number of hydrogen-bond acceptors (Lipinski definition) is 3. The average molecular weight is 264 g/mol. The summed E-state index contributed by atoms with van der Waals surface area (Å²) >= 11 is 0. The number of carboxylic acids is 1. The lowest BCUT2D eigenvalue weighted by molar-refractivity contribution is -0.154. The van der Waals surface area contributed by atoms with Crippen LogP contribution in [-0.4, -0.2) is 23.3 Å². The van der Waals surface area contributed by atoms with Crippen LogP contribution >= 0.6 is 0 Å². The minimum absolute atomic E-state index is 0.414. The average Bonchev–Trinajstić information content (AvgIpc) is 2.38. The van der Waals surface area contributed by atoms with Gasteiger partial charge in [0.05, 0.1) is 13.0 Å². The van der Waals surface area contributed by atoms with E-state index in [9.17, 15) is 15.0 Å². The summed E-state index contributed by atoms with van der Waals surface area (Å²) < 4.78 is 5.18. The van der Waals surface area contributed by atoms with Crippen molar-refractivity contribution >= 4 is 5.97 Å². The van der Waals surface area contributed by atoms with E-state index in [4.69, 9.17) is 4.74 Å². The van der Waals surface area contributed by atoms with Crippen LogP contribution in [0.1, 0.15) is 37.3 Å². The number of fused-ring (bicyclic) bond motifs is 1. The lowest BCUT2D eigenvalue weighted by atomic mass is 9.71. The number of aliphatic hydroxyl groups is 1. The molecule has 1 aliphatic rings. The summed E-state index contributed by atoms with van der Waals surface area (Å²) in [4.78, 5) is 11.4. The van der Waals surface area contributed by atoms with E-state index in [0.29, 0.717) is 12.8 Å². The molecule has 2 unspecified atom stereocenters. The van der Waals surface area contributed by atoms with Crippen LogP contribution in [0, 0.1) is 5.92 Å². The Bertz CT molecular complexity index is 483. The van der Waals surface area contributed by atoms with Crippen molar-refractivity contribution in [3.8, 4) is 5.75 Å². The number of ether oxygens (including phenoxy) is 1. The Morgan fingerprint density at radius 2 is 2.26 bits per heavy atom. The molecule has 0 fully saturated rings. The summed E-state index contributed by atoms with van der Waals surface area (Å²) in [7, 11) is 1.60. The zero-order chi connectivity index (χ0) is 14.0. The standard InChI is InChI=1S/C15H20O4/c1-3-12(14(16)17)15(18)8-4-5-10-9-11(19-2)6-7-13(10)15/h6-7,9,12,18H,3-5,8H2,1-2H3,(H,16,17). The SMILES string of the molecule is CCC(C(=O)O)C1(O)CCCc2cc(OC)ccc21. The van der Waals surface area contributed by atoms with Crippen LogP contribution in [0.4, 0.5) is 0 Å². The van der Waals surface area contributed by atoms with Crippen LogP contribution in [0.2, 0.25) is 0 Å². The van der Waals surface area contributed by atoms with E-state index in [2.05, 4.69) is 0 Å². The Morgan fingerprint density at radius 1 is 1.53 bits per heavy atom. The summed E-state index contributed by atoms with van der Waals surface area (Å²) in [5, 5.41) is 20.2. The Hall–Kier alpha value is -1.55. The summed E-state index contributed by atoms with van der Waals surface area (Å²) in [6.45, 7) is 1.80. The Morgan fingerprint density at radius 3 is 2.84 bits per heavy atom. The smallest absolute Gasteiger partial charge is 0.309 e. The van der Waals surface area contributed by atoms with E-state index in [-0.39, 0.29) is 0 Å². The van der Waals surface area contributed by atoms with Crippen LogP contribution < -0.4 is 4.74 Å². The number of aliphatic carboxylic acids is 1. The molecule has 1 aromatic carbocycles. The first-order valence-electron chi connectivity index (χ1n) is 6.65. The van der Waals surface area contributed by atoms with Crippen molar-refractivity contribution in [2.24, 2.45) is 5.92 Å². The van der Waals surface area contributed by atoms with Gasteiger partial charge in [0.1, 0.15) is 11.4 Å². The first kappa shape index (κ1) is 13.9. The number of carboxylic acid groups (broad SMARTS) is 1. The van der Waals surface area contributed by atoms with Gasteiger partial charge in [-0.25, -0.2) is 0 Å². The second-order valence-corrected chi connectivity index (χ2v) is 5.10. The molecule has 0 saturated carbocycles. The fourth-order valence-electron chi connectivity index (χ4n) is 3.09. The number of carbonyl (C=O) groups is 1.